The van der Waals surface area contributed by atoms with Crippen molar-refractivity contribution in [3.63, 3.8) is 0 Å². The number of carbonyl (C=O) groups excluding carboxylic acids is 1. The second kappa shape index (κ2) is 7.43. The average molecular weight is 386 g/mol. The molecule has 0 radical (unpaired) electrons. The number of amides is 2. The van der Waals surface area contributed by atoms with E-state index in [1.54, 1.807) is 0 Å². The number of nitrogens with one attached hydrogen (secondary N) is 1. The molecule has 1 aromatic heterocycles. The molecule has 1 aliphatic carbocycles. The van der Waals surface area contributed by atoms with Gasteiger partial charge in [0.15, 0.2) is 0 Å². The third kappa shape index (κ3) is 3.33. The molecule has 2 heterocycles. The van der Waals surface area contributed by atoms with Gasteiger partial charge in [0.2, 0.25) is 0 Å². The van der Waals surface area contributed by atoms with Gasteiger partial charge in [0.05, 0.1) is 18.3 Å². The third-order valence-electron chi connectivity index (χ3n) is 6.27. The maximum Gasteiger partial charge on any atom is 0.318 e. The van der Waals surface area contributed by atoms with Crippen molar-refractivity contribution in [2.45, 2.75) is 51.2 Å². The van der Waals surface area contributed by atoms with E-state index >= 15 is 0 Å². The van der Waals surface area contributed by atoms with Crippen LogP contribution in [0.4, 0.5) is 4.79 Å². The molecule has 0 unspecified atom stereocenters. The van der Waals surface area contributed by atoms with Gasteiger partial charge in [0.1, 0.15) is 0 Å². The molecule has 2 amide bonds. The fraction of sp³-hybridized carbons (Fsp3) is 0.320. The highest BCUT2D eigenvalue weighted by Gasteiger charge is 2.34. The summed E-state index contributed by atoms with van der Waals surface area (Å²) in [6.45, 7) is 2.70. The van der Waals surface area contributed by atoms with Gasteiger partial charge >= 0.3 is 6.03 Å². The van der Waals surface area contributed by atoms with Crippen molar-refractivity contribution >= 4 is 6.03 Å². The van der Waals surface area contributed by atoms with Crippen LogP contribution in [-0.2, 0) is 6.54 Å². The average Bonchev–Trinajstić information content (AvgIpc) is 3.38. The monoisotopic (exact) mass is 385 g/mol. The Morgan fingerprint density at radius 2 is 1.83 bits per heavy atom. The summed E-state index contributed by atoms with van der Waals surface area (Å²) in [5.74, 6) is 0. The predicted octanol–water partition coefficient (Wildman–Crippen LogP) is 5.34. The standard InChI is InChI=1S/C25H27N3O/c1-18-8-6-10-19(16-18)24-23-14-7-15-27(23)22-13-5-2-9-20(22)17-28(24)25(29)26-21-11-3-4-12-21/h2,5-10,13-16,21,24H,3-4,11-12,17H2,1H3,(H,26,29)/t24-/m0/s1. The minimum atomic E-state index is -0.126. The van der Waals surface area contributed by atoms with Crippen LogP contribution in [0, 0.1) is 6.92 Å². The molecular weight excluding hydrogens is 358 g/mol. The third-order valence-corrected chi connectivity index (χ3v) is 6.27. The fourth-order valence-corrected chi connectivity index (χ4v) is 4.86. The molecule has 1 atom stereocenters. The molecule has 1 saturated carbocycles. The van der Waals surface area contributed by atoms with Crippen LogP contribution in [0.1, 0.15) is 54.1 Å². The van der Waals surface area contributed by atoms with Gasteiger partial charge in [-0.3, -0.25) is 0 Å². The van der Waals surface area contributed by atoms with Crippen molar-refractivity contribution < 1.29 is 4.79 Å². The lowest BCUT2D eigenvalue weighted by atomic mass is 10.00. The van der Waals surface area contributed by atoms with Gasteiger partial charge in [-0.15, -0.1) is 0 Å². The van der Waals surface area contributed by atoms with Crippen LogP contribution < -0.4 is 5.32 Å². The van der Waals surface area contributed by atoms with E-state index in [2.05, 4.69) is 83.7 Å². The van der Waals surface area contributed by atoms with Crippen LogP contribution >= 0.6 is 0 Å². The molecule has 1 aliphatic heterocycles. The van der Waals surface area contributed by atoms with Gasteiger partial charge in [-0.25, -0.2) is 4.79 Å². The van der Waals surface area contributed by atoms with Crippen LogP contribution in [-0.4, -0.2) is 21.5 Å². The molecule has 3 aromatic rings. The van der Waals surface area contributed by atoms with E-state index < -0.39 is 0 Å². The zero-order valence-corrected chi connectivity index (χ0v) is 16.8. The van der Waals surface area contributed by atoms with E-state index in [0.29, 0.717) is 12.6 Å². The first-order valence-corrected chi connectivity index (χ1v) is 10.6. The first kappa shape index (κ1) is 18.0. The summed E-state index contributed by atoms with van der Waals surface area (Å²) in [6, 6.07) is 21.4. The molecule has 148 valence electrons. The van der Waals surface area contributed by atoms with Crippen molar-refractivity contribution in [3.05, 3.63) is 89.2 Å². The highest BCUT2D eigenvalue weighted by atomic mass is 16.2. The van der Waals surface area contributed by atoms with Crippen molar-refractivity contribution in [2.75, 3.05) is 0 Å². The molecule has 1 N–H and O–H groups in total. The number of urea groups is 1. The highest BCUT2D eigenvalue weighted by molar-refractivity contribution is 5.76. The SMILES string of the molecule is Cc1cccc([C@H]2c3cccn3-c3ccccc3CN2C(=O)NC2CCCC2)c1. The summed E-state index contributed by atoms with van der Waals surface area (Å²) in [5, 5.41) is 3.32. The molecule has 5 rings (SSSR count). The van der Waals surface area contributed by atoms with Crippen molar-refractivity contribution in [2.24, 2.45) is 0 Å². The van der Waals surface area contributed by atoms with Crippen molar-refractivity contribution in [3.8, 4) is 5.69 Å². The maximum absolute atomic E-state index is 13.5. The summed E-state index contributed by atoms with van der Waals surface area (Å²) in [5.41, 5.74) is 5.81. The number of nitrogens with zero attached hydrogens (tertiary/aromatic N) is 2. The Bertz CT molecular complexity index is 1030. The van der Waals surface area contributed by atoms with E-state index in [-0.39, 0.29) is 12.1 Å². The van der Waals surface area contributed by atoms with Gasteiger partial charge in [-0.2, -0.15) is 0 Å². The molecule has 0 bridgehead atoms. The van der Waals surface area contributed by atoms with Crippen LogP contribution in [0.2, 0.25) is 0 Å². The number of carbonyl (C=O) groups is 1. The molecule has 0 saturated heterocycles. The maximum atomic E-state index is 13.5. The topological polar surface area (TPSA) is 37.3 Å². The van der Waals surface area contributed by atoms with E-state index in [0.717, 1.165) is 29.8 Å². The van der Waals surface area contributed by atoms with Gasteiger partial charge in [-0.1, -0.05) is 60.9 Å². The number of para-hydroxylation sites is 1. The summed E-state index contributed by atoms with van der Waals surface area (Å²) in [7, 11) is 0. The lowest BCUT2D eigenvalue weighted by Crippen LogP contribution is -2.45. The second-order valence-electron chi connectivity index (χ2n) is 8.31. The normalized spacial score (nSPS) is 18.8. The van der Waals surface area contributed by atoms with Gasteiger partial charge in [0, 0.05) is 17.9 Å². The van der Waals surface area contributed by atoms with Crippen LogP contribution in [0.3, 0.4) is 0 Å². The summed E-state index contributed by atoms with van der Waals surface area (Å²) >= 11 is 0. The Morgan fingerprint density at radius 1 is 1.00 bits per heavy atom. The number of aryl methyl sites for hydroxylation is 1. The first-order valence-electron chi connectivity index (χ1n) is 10.6. The van der Waals surface area contributed by atoms with E-state index in [4.69, 9.17) is 0 Å². The quantitative estimate of drug-likeness (QED) is 0.635. The Balaban J connectivity index is 1.63. The largest absolute Gasteiger partial charge is 0.335 e. The molecular formula is C25H27N3O. The lowest BCUT2D eigenvalue weighted by molar-refractivity contribution is 0.176. The molecule has 2 aromatic carbocycles. The minimum Gasteiger partial charge on any atom is -0.335 e. The number of aromatic nitrogens is 1. The van der Waals surface area contributed by atoms with Gasteiger partial charge < -0.3 is 14.8 Å². The molecule has 29 heavy (non-hydrogen) atoms. The zero-order valence-electron chi connectivity index (χ0n) is 16.8. The van der Waals surface area contributed by atoms with Gasteiger partial charge in [0.25, 0.3) is 0 Å². The summed E-state index contributed by atoms with van der Waals surface area (Å²) in [4.78, 5) is 15.5. The van der Waals surface area contributed by atoms with E-state index in [1.807, 2.05) is 4.90 Å². The Labute approximate surface area is 172 Å². The first-order chi connectivity index (χ1) is 14.2. The number of benzene rings is 2. The van der Waals surface area contributed by atoms with Crippen LogP contribution in [0.25, 0.3) is 5.69 Å². The van der Waals surface area contributed by atoms with Crippen molar-refractivity contribution in [1.29, 1.82) is 0 Å². The zero-order chi connectivity index (χ0) is 19.8. The minimum absolute atomic E-state index is 0.0351. The van der Waals surface area contributed by atoms with Gasteiger partial charge in [-0.05, 0) is 49.1 Å². The smallest absolute Gasteiger partial charge is 0.318 e. The molecule has 0 spiro atoms. The number of fused-ring (bicyclic) bond motifs is 3. The van der Waals surface area contributed by atoms with E-state index in [1.165, 1.54) is 24.0 Å². The number of hydrogen-bond donors (Lipinski definition) is 1. The van der Waals surface area contributed by atoms with E-state index in [9.17, 15) is 4.79 Å². The molecule has 4 heteroatoms. The van der Waals surface area contributed by atoms with Crippen LogP contribution in [0.15, 0.2) is 66.9 Å². The molecule has 1 fully saturated rings. The molecule has 2 aliphatic rings. The number of rotatable bonds is 2. The number of hydrogen-bond acceptors (Lipinski definition) is 1. The summed E-state index contributed by atoms with van der Waals surface area (Å²) in [6.07, 6.45) is 6.69. The predicted molar refractivity (Wildman–Crippen MR) is 115 cm³/mol. The van der Waals surface area contributed by atoms with Crippen molar-refractivity contribution in [1.82, 2.24) is 14.8 Å². The lowest BCUT2D eigenvalue weighted by Gasteiger charge is -2.32. The fourth-order valence-electron chi connectivity index (χ4n) is 4.86. The Morgan fingerprint density at radius 3 is 2.66 bits per heavy atom. The Hall–Kier alpha value is -3.01. The summed E-state index contributed by atoms with van der Waals surface area (Å²) < 4.78 is 2.24. The van der Waals surface area contributed by atoms with Crippen LogP contribution in [0.5, 0.6) is 0 Å². The second-order valence-corrected chi connectivity index (χ2v) is 8.31. The Kier molecular flexibility index (Phi) is 4.62. The molecule has 4 nitrogen and oxygen atoms in total. The highest BCUT2D eigenvalue weighted by Crippen LogP contribution is 2.37.